The van der Waals surface area contributed by atoms with Gasteiger partial charge >= 0.3 is 5.97 Å². The number of aromatic nitrogens is 2. The van der Waals surface area contributed by atoms with E-state index in [9.17, 15) is 9.59 Å². The normalized spacial score (nSPS) is 14.6. The summed E-state index contributed by atoms with van der Waals surface area (Å²) in [6, 6.07) is 9.69. The smallest absolute Gasteiger partial charge is 0.309 e. The maximum atomic E-state index is 12.2. The van der Waals surface area contributed by atoms with Crippen molar-refractivity contribution >= 4 is 17.8 Å². The SMILES string of the molecule is Cc1ccc(CNC(=O)COC(=O)C2CCN(c3ncccn3)CC2)cc1. The van der Waals surface area contributed by atoms with Gasteiger partial charge in [-0.3, -0.25) is 9.59 Å². The van der Waals surface area contributed by atoms with Crippen LogP contribution in [0.4, 0.5) is 5.95 Å². The van der Waals surface area contributed by atoms with Crippen molar-refractivity contribution in [2.24, 2.45) is 5.92 Å². The molecule has 1 aromatic heterocycles. The van der Waals surface area contributed by atoms with E-state index in [2.05, 4.69) is 20.2 Å². The van der Waals surface area contributed by atoms with Gasteiger partial charge in [0.2, 0.25) is 5.95 Å². The summed E-state index contributed by atoms with van der Waals surface area (Å²) >= 11 is 0. The lowest BCUT2D eigenvalue weighted by molar-refractivity contribution is -0.153. The number of nitrogens with zero attached hydrogens (tertiary/aromatic N) is 3. The molecule has 0 atom stereocenters. The molecule has 0 radical (unpaired) electrons. The highest BCUT2D eigenvalue weighted by Gasteiger charge is 2.27. The van der Waals surface area contributed by atoms with E-state index in [1.54, 1.807) is 18.5 Å². The number of anilines is 1. The molecule has 1 aliphatic heterocycles. The van der Waals surface area contributed by atoms with Crippen LogP contribution in [0.15, 0.2) is 42.7 Å². The number of nitrogens with one attached hydrogen (secondary N) is 1. The Morgan fingerprint density at radius 3 is 2.48 bits per heavy atom. The van der Waals surface area contributed by atoms with Gasteiger partial charge in [0, 0.05) is 32.0 Å². The molecule has 142 valence electrons. The molecule has 27 heavy (non-hydrogen) atoms. The fraction of sp³-hybridized carbons (Fsp3) is 0.400. The zero-order valence-electron chi connectivity index (χ0n) is 15.4. The molecule has 0 spiro atoms. The number of amides is 1. The van der Waals surface area contributed by atoms with Gasteiger partial charge in [0.1, 0.15) is 0 Å². The van der Waals surface area contributed by atoms with E-state index in [0.717, 1.165) is 5.56 Å². The van der Waals surface area contributed by atoms with Crippen molar-refractivity contribution in [3.05, 3.63) is 53.9 Å². The third-order valence-corrected chi connectivity index (χ3v) is 4.62. The zero-order valence-corrected chi connectivity index (χ0v) is 15.4. The summed E-state index contributed by atoms with van der Waals surface area (Å²) in [5.41, 5.74) is 2.18. The fourth-order valence-electron chi connectivity index (χ4n) is 2.98. The second kappa shape index (κ2) is 9.12. The van der Waals surface area contributed by atoms with E-state index < -0.39 is 0 Å². The van der Waals surface area contributed by atoms with E-state index in [1.165, 1.54) is 5.56 Å². The zero-order chi connectivity index (χ0) is 19.1. The highest BCUT2D eigenvalue weighted by atomic mass is 16.5. The van der Waals surface area contributed by atoms with E-state index in [-0.39, 0.29) is 24.4 Å². The number of ether oxygens (including phenoxy) is 1. The van der Waals surface area contributed by atoms with Crippen molar-refractivity contribution in [1.29, 1.82) is 0 Å². The summed E-state index contributed by atoms with van der Waals surface area (Å²) in [5, 5.41) is 2.76. The van der Waals surface area contributed by atoms with Crippen LogP contribution in [0, 0.1) is 12.8 Å². The maximum absolute atomic E-state index is 12.2. The molecule has 0 unspecified atom stereocenters. The molecule has 0 aliphatic carbocycles. The summed E-state index contributed by atoms with van der Waals surface area (Å²) in [7, 11) is 0. The first-order valence-corrected chi connectivity index (χ1v) is 9.12. The first kappa shape index (κ1) is 18.8. The molecule has 1 saturated heterocycles. The Kier molecular flexibility index (Phi) is 6.35. The Morgan fingerprint density at radius 1 is 1.15 bits per heavy atom. The number of piperidine rings is 1. The van der Waals surface area contributed by atoms with Gasteiger partial charge in [0.05, 0.1) is 5.92 Å². The van der Waals surface area contributed by atoms with E-state index >= 15 is 0 Å². The molecule has 2 aromatic rings. The highest BCUT2D eigenvalue weighted by molar-refractivity contribution is 5.81. The van der Waals surface area contributed by atoms with E-state index in [0.29, 0.717) is 38.4 Å². The van der Waals surface area contributed by atoms with Gasteiger partial charge in [-0.2, -0.15) is 0 Å². The van der Waals surface area contributed by atoms with Crippen LogP contribution >= 0.6 is 0 Å². The topological polar surface area (TPSA) is 84.4 Å². The molecule has 1 amide bonds. The quantitative estimate of drug-likeness (QED) is 0.784. The van der Waals surface area contributed by atoms with Crippen LogP contribution in [0.3, 0.4) is 0 Å². The average Bonchev–Trinajstić information content (AvgIpc) is 2.72. The van der Waals surface area contributed by atoms with Gasteiger partial charge in [-0.1, -0.05) is 29.8 Å². The van der Waals surface area contributed by atoms with Crippen LogP contribution in [-0.2, 0) is 20.9 Å². The minimum absolute atomic E-state index is 0.185. The minimum Gasteiger partial charge on any atom is -0.455 e. The van der Waals surface area contributed by atoms with Crippen molar-refractivity contribution in [3.63, 3.8) is 0 Å². The Labute approximate surface area is 158 Å². The van der Waals surface area contributed by atoms with Gasteiger partial charge in [-0.15, -0.1) is 0 Å². The van der Waals surface area contributed by atoms with Crippen molar-refractivity contribution < 1.29 is 14.3 Å². The van der Waals surface area contributed by atoms with Crippen LogP contribution in [0.1, 0.15) is 24.0 Å². The molecule has 0 bridgehead atoms. The summed E-state index contributed by atoms with van der Waals surface area (Å²) in [6.07, 6.45) is 4.75. The monoisotopic (exact) mass is 368 g/mol. The van der Waals surface area contributed by atoms with Gasteiger partial charge in [-0.05, 0) is 31.4 Å². The second-order valence-electron chi connectivity index (χ2n) is 6.68. The van der Waals surface area contributed by atoms with Crippen molar-refractivity contribution in [2.75, 3.05) is 24.6 Å². The maximum Gasteiger partial charge on any atom is 0.309 e. The number of hydrogen-bond acceptors (Lipinski definition) is 6. The molecule has 7 heteroatoms. The van der Waals surface area contributed by atoms with Crippen LogP contribution in [-0.4, -0.2) is 41.5 Å². The molecule has 1 N–H and O–H groups in total. The summed E-state index contributed by atoms with van der Waals surface area (Å²) in [6.45, 7) is 3.59. The van der Waals surface area contributed by atoms with Gasteiger partial charge in [0.25, 0.3) is 5.91 Å². The van der Waals surface area contributed by atoms with Crippen molar-refractivity contribution in [3.8, 4) is 0 Å². The lowest BCUT2D eigenvalue weighted by Gasteiger charge is -2.30. The summed E-state index contributed by atoms with van der Waals surface area (Å²) < 4.78 is 5.19. The number of benzene rings is 1. The molecule has 0 saturated carbocycles. The Hall–Kier alpha value is -2.96. The standard InChI is InChI=1S/C20H24N4O3/c1-15-3-5-16(6-4-15)13-23-18(25)14-27-19(26)17-7-11-24(12-8-17)20-21-9-2-10-22-20/h2-6,9-10,17H,7-8,11-14H2,1H3,(H,23,25). The van der Waals surface area contributed by atoms with Crippen molar-refractivity contribution in [1.82, 2.24) is 15.3 Å². The summed E-state index contributed by atoms with van der Waals surface area (Å²) in [4.78, 5) is 34.6. The first-order chi connectivity index (χ1) is 13.1. The van der Waals surface area contributed by atoms with Gasteiger partial charge < -0.3 is 15.0 Å². The summed E-state index contributed by atoms with van der Waals surface area (Å²) in [5.74, 6) is -0.108. The van der Waals surface area contributed by atoms with Crippen LogP contribution in [0.2, 0.25) is 0 Å². The van der Waals surface area contributed by atoms with Gasteiger partial charge in [0.15, 0.2) is 6.61 Å². The fourth-order valence-corrected chi connectivity index (χ4v) is 2.98. The number of esters is 1. The number of hydrogen-bond donors (Lipinski definition) is 1. The molecular formula is C20H24N4O3. The average molecular weight is 368 g/mol. The van der Waals surface area contributed by atoms with E-state index in [1.807, 2.05) is 31.2 Å². The lowest BCUT2D eigenvalue weighted by Crippen LogP contribution is -2.38. The Morgan fingerprint density at radius 2 is 1.81 bits per heavy atom. The number of carbonyl (C=O) groups is 2. The van der Waals surface area contributed by atoms with Crippen LogP contribution in [0.5, 0.6) is 0 Å². The Balaban J connectivity index is 1.37. The molecule has 1 aromatic carbocycles. The van der Waals surface area contributed by atoms with Gasteiger partial charge in [-0.25, -0.2) is 9.97 Å². The minimum atomic E-state index is -0.311. The second-order valence-corrected chi connectivity index (χ2v) is 6.68. The van der Waals surface area contributed by atoms with Crippen molar-refractivity contribution in [2.45, 2.75) is 26.3 Å². The lowest BCUT2D eigenvalue weighted by atomic mass is 9.97. The molecule has 2 heterocycles. The third-order valence-electron chi connectivity index (χ3n) is 4.62. The largest absolute Gasteiger partial charge is 0.455 e. The number of carbonyl (C=O) groups excluding carboxylic acids is 2. The molecule has 1 fully saturated rings. The molecular weight excluding hydrogens is 344 g/mol. The molecule has 1 aliphatic rings. The number of aryl methyl sites for hydroxylation is 1. The predicted octanol–water partition coefficient (Wildman–Crippen LogP) is 1.86. The van der Waals surface area contributed by atoms with Crippen LogP contribution in [0.25, 0.3) is 0 Å². The molecule has 3 rings (SSSR count). The molecule has 7 nitrogen and oxygen atoms in total. The number of rotatable bonds is 6. The van der Waals surface area contributed by atoms with E-state index in [4.69, 9.17) is 4.74 Å². The first-order valence-electron chi connectivity index (χ1n) is 9.12. The predicted molar refractivity (Wildman–Crippen MR) is 101 cm³/mol. The Bertz CT molecular complexity index is 757. The van der Waals surface area contributed by atoms with Crippen LogP contribution < -0.4 is 10.2 Å². The third kappa shape index (κ3) is 5.51. The highest BCUT2D eigenvalue weighted by Crippen LogP contribution is 2.21.